The smallest absolute Gasteiger partial charge is 0.387 e. The lowest BCUT2D eigenvalue weighted by Gasteiger charge is -2.28. The van der Waals surface area contributed by atoms with Crippen molar-refractivity contribution in [2.75, 3.05) is 25.6 Å². The Hall–Kier alpha value is -1.53. The lowest BCUT2D eigenvalue weighted by Crippen LogP contribution is -2.38. The molecule has 3 rings (SSSR count). The highest BCUT2D eigenvalue weighted by Gasteiger charge is 2.45. The lowest BCUT2D eigenvalue weighted by molar-refractivity contribution is -0.0512. The van der Waals surface area contributed by atoms with Crippen molar-refractivity contribution in [1.29, 1.82) is 5.41 Å². The van der Waals surface area contributed by atoms with Gasteiger partial charge in [-0.2, -0.15) is 0 Å². The van der Waals surface area contributed by atoms with E-state index in [1.807, 2.05) is 0 Å². The Morgan fingerprint density at radius 3 is 2.88 bits per heavy atom. The molecule has 4 atom stereocenters. The molecule has 0 spiro atoms. The van der Waals surface area contributed by atoms with Crippen LogP contribution in [0, 0.1) is 5.41 Å². The van der Waals surface area contributed by atoms with Gasteiger partial charge in [-0.15, -0.1) is 0 Å². The molecule has 0 bridgehead atoms. The highest BCUT2D eigenvalue weighted by molar-refractivity contribution is 7.46. The molecule has 2 aliphatic heterocycles. The summed E-state index contributed by atoms with van der Waals surface area (Å²) in [7, 11) is -3.00. The lowest BCUT2D eigenvalue weighted by atomic mass is 10.1. The van der Waals surface area contributed by atoms with Crippen LogP contribution in [0.4, 0.5) is 5.82 Å². The van der Waals surface area contributed by atoms with Crippen molar-refractivity contribution >= 4 is 19.5 Å². The number of aromatic nitrogens is 2. The normalized spacial score (nSPS) is 30.4. The number of imidazole rings is 1. The number of aliphatic hydroxyl groups excluding tert-OH is 2. The van der Waals surface area contributed by atoms with Gasteiger partial charge >= 0.3 is 7.82 Å². The summed E-state index contributed by atoms with van der Waals surface area (Å²) in [6.07, 6.45) is -3.56. The molecule has 0 unspecified atom stereocenters. The van der Waals surface area contributed by atoms with Crippen LogP contribution in [0.2, 0.25) is 0 Å². The van der Waals surface area contributed by atoms with Crippen LogP contribution < -0.4 is 5.32 Å². The summed E-state index contributed by atoms with van der Waals surface area (Å²) < 4.78 is 22.0. The van der Waals surface area contributed by atoms with Gasteiger partial charge in [-0.1, -0.05) is 0 Å². The number of anilines is 1. The molecule has 0 amide bonds. The first-order valence-corrected chi connectivity index (χ1v) is 8.54. The molecule has 24 heavy (non-hydrogen) atoms. The Bertz CT molecular complexity index is 690. The summed E-state index contributed by atoms with van der Waals surface area (Å²) in [6, 6.07) is 0. The first kappa shape index (κ1) is 17.3. The molecule has 0 saturated carbocycles. The van der Waals surface area contributed by atoms with Gasteiger partial charge in [0.15, 0.2) is 12.1 Å². The zero-order valence-corrected chi connectivity index (χ0v) is 13.5. The van der Waals surface area contributed by atoms with Crippen LogP contribution in [0.3, 0.4) is 0 Å². The van der Waals surface area contributed by atoms with Gasteiger partial charge in [-0.05, 0) is 0 Å². The Morgan fingerprint density at radius 2 is 2.21 bits per heavy atom. The standard InChI is InChI=1S/C11H18N5O7P/c1-15-3-14-10-6(9(15)12)13-4-16(10)11-8(18)7(17)5(23-11)2-22-24(19,20)21/h4-5,7-8,11-12,14,17-18H,2-3H2,1H3,(H2,19,20,21)/t5-,7-,8-,11-/m1/s1. The van der Waals surface area contributed by atoms with E-state index in [4.69, 9.17) is 19.9 Å². The fourth-order valence-electron chi connectivity index (χ4n) is 2.62. The van der Waals surface area contributed by atoms with Crippen molar-refractivity contribution in [3.05, 3.63) is 12.0 Å². The minimum Gasteiger partial charge on any atom is -0.387 e. The van der Waals surface area contributed by atoms with Crippen LogP contribution in [0.15, 0.2) is 6.33 Å². The predicted molar refractivity (Wildman–Crippen MR) is 79.2 cm³/mol. The van der Waals surface area contributed by atoms with Crippen molar-refractivity contribution < 1.29 is 33.8 Å². The SMILES string of the molecule is CN1CNc2c(ncn2[C@@H]2O[C@H](COP(=O)(O)O)[C@@H](O)[C@H]2O)C1=N. The fourth-order valence-corrected chi connectivity index (χ4v) is 2.96. The Kier molecular flexibility index (Phi) is 4.38. The highest BCUT2D eigenvalue weighted by Crippen LogP contribution is 2.39. The van der Waals surface area contributed by atoms with Crippen molar-refractivity contribution in [2.24, 2.45) is 0 Å². The second-order valence-electron chi connectivity index (χ2n) is 5.56. The van der Waals surface area contributed by atoms with Gasteiger partial charge in [-0.3, -0.25) is 14.5 Å². The fraction of sp³-hybridized carbons (Fsp3) is 0.636. The maximum absolute atomic E-state index is 10.8. The van der Waals surface area contributed by atoms with Crippen LogP contribution in [0.5, 0.6) is 0 Å². The van der Waals surface area contributed by atoms with E-state index in [1.54, 1.807) is 11.9 Å². The van der Waals surface area contributed by atoms with Gasteiger partial charge in [0.1, 0.15) is 29.8 Å². The summed E-state index contributed by atoms with van der Waals surface area (Å²) in [5, 5.41) is 31.2. The number of amidine groups is 1. The minimum atomic E-state index is -4.72. The third-order valence-corrected chi connectivity index (χ3v) is 4.39. The molecular formula is C11H18N5O7P. The first-order valence-electron chi connectivity index (χ1n) is 7.01. The average molecular weight is 363 g/mol. The molecule has 134 valence electrons. The quantitative estimate of drug-likeness (QED) is 0.337. The summed E-state index contributed by atoms with van der Waals surface area (Å²) >= 11 is 0. The number of fused-ring (bicyclic) bond motifs is 1. The van der Waals surface area contributed by atoms with Crippen LogP contribution in [-0.4, -0.2) is 78.9 Å². The molecule has 12 nitrogen and oxygen atoms in total. The number of hydrogen-bond acceptors (Lipinski definition) is 8. The maximum atomic E-state index is 10.8. The molecule has 1 fully saturated rings. The molecule has 1 aromatic rings. The third-order valence-electron chi connectivity index (χ3n) is 3.90. The van der Waals surface area contributed by atoms with E-state index in [0.717, 1.165) is 0 Å². The van der Waals surface area contributed by atoms with Crippen LogP contribution in [0.25, 0.3) is 0 Å². The maximum Gasteiger partial charge on any atom is 0.469 e. The average Bonchev–Trinajstić information content (AvgIpc) is 3.04. The number of phosphoric ester groups is 1. The molecule has 3 heterocycles. The number of nitrogens with one attached hydrogen (secondary N) is 2. The molecule has 0 radical (unpaired) electrons. The Balaban J connectivity index is 1.80. The number of aliphatic hydroxyl groups is 2. The molecule has 0 aromatic carbocycles. The van der Waals surface area contributed by atoms with E-state index < -0.39 is 39.0 Å². The molecule has 6 N–H and O–H groups in total. The first-order chi connectivity index (χ1) is 11.2. The largest absolute Gasteiger partial charge is 0.469 e. The van der Waals surface area contributed by atoms with Gasteiger partial charge in [0.2, 0.25) is 0 Å². The van der Waals surface area contributed by atoms with E-state index in [9.17, 15) is 14.8 Å². The van der Waals surface area contributed by atoms with Crippen molar-refractivity contribution in [3.63, 3.8) is 0 Å². The van der Waals surface area contributed by atoms with E-state index in [2.05, 4.69) is 14.8 Å². The number of phosphoric acid groups is 1. The van der Waals surface area contributed by atoms with Crippen molar-refractivity contribution in [3.8, 4) is 0 Å². The van der Waals surface area contributed by atoms with Gasteiger partial charge in [-0.25, -0.2) is 9.55 Å². The summed E-state index contributed by atoms with van der Waals surface area (Å²) in [5.74, 6) is 0.642. The van der Waals surface area contributed by atoms with Gasteiger partial charge in [0.05, 0.1) is 19.6 Å². The zero-order chi connectivity index (χ0) is 17.6. The molecular weight excluding hydrogens is 345 g/mol. The monoisotopic (exact) mass is 363 g/mol. The van der Waals surface area contributed by atoms with Gasteiger partial charge in [0.25, 0.3) is 0 Å². The highest BCUT2D eigenvalue weighted by atomic mass is 31.2. The molecule has 1 aromatic heterocycles. The van der Waals surface area contributed by atoms with E-state index in [1.165, 1.54) is 10.9 Å². The van der Waals surface area contributed by atoms with Gasteiger partial charge < -0.3 is 35.0 Å². The number of nitrogens with zero attached hydrogens (tertiary/aromatic N) is 3. The zero-order valence-electron chi connectivity index (χ0n) is 12.6. The minimum absolute atomic E-state index is 0.192. The predicted octanol–water partition coefficient (Wildman–Crippen LogP) is -1.75. The summed E-state index contributed by atoms with van der Waals surface area (Å²) in [6.45, 7) is -0.227. The molecule has 13 heteroatoms. The van der Waals surface area contributed by atoms with E-state index >= 15 is 0 Å². The van der Waals surface area contributed by atoms with Crippen LogP contribution in [-0.2, 0) is 13.8 Å². The number of rotatable bonds is 4. The van der Waals surface area contributed by atoms with Crippen LogP contribution >= 0.6 is 7.82 Å². The Morgan fingerprint density at radius 1 is 1.50 bits per heavy atom. The van der Waals surface area contributed by atoms with E-state index in [-0.39, 0.29) is 5.84 Å². The summed E-state index contributed by atoms with van der Waals surface area (Å²) in [4.78, 5) is 23.2. The topological polar surface area (TPSA) is 173 Å². The van der Waals surface area contributed by atoms with Crippen molar-refractivity contribution in [1.82, 2.24) is 14.5 Å². The third kappa shape index (κ3) is 3.05. The second kappa shape index (κ2) is 6.08. The Labute approximate surface area is 136 Å². The van der Waals surface area contributed by atoms with E-state index in [0.29, 0.717) is 18.2 Å². The van der Waals surface area contributed by atoms with Gasteiger partial charge in [0, 0.05) is 7.05 Å². The number of hydrogen-bond donors (Lipinski definition) is 6. The molecule has 2 aliphatic rings. The van der Waals surface area contributed by atoms with Crippen LogP contribution in [0.1, 0.15) is 11.9 Å². The van der Waals surface area contributed by atoms with Crippen molar-refractivity contribution in [2.45, 2.75) is 24.5 Å². The summed E-state index contributed by atoms with van der Waals surface area (Å²) in [5.41, 5.74) is 0.365. The second-order valence-corrected chi connectivity index (χ2v) is 6.80. The molecule has 1 saturated heterocycles. The molecule has 0 aliphatic carbocycles. The number of ether oxygens (including phenoxy) is 1.